The largest absolute Gasteiger partial charge is 0.416 e. The summed E-state index contributed by atoms with van der Waals surface area (Å²) in [6, 6.07) is 11.2. The Morgan fingerprint density at radius 1 is 0.895 bits per heavy atom. The molecule has 0 aliphatic carbocycles. The summed E-state index contributed by atoms with van der Waals surface area (Å²) in [5.74, 6) is 0. The standard InChI is InChI=1S/C13H8F3N.CH3I/c14-13(15,16)8-5-6-10-9-3-1-2-4-11(9)17-12(10)7-8;1-2/h1-7,17H;1H3. The van der Waals surface area contributed by atoms with Crippen molar-refractivity contribution >= 4 is 44.4 Å². The number of alkyl halides is 4. The van der Waals surface area contributed by atoms with Crippen molar-refractivity contribution in [3.8, 4) is 0 Å². The minimum Gasteiger partial charge on any atom is -0.354 e. The molecule has 0 bridgehead atoms. The molecular formula is C14H11F3IN. The molecule has 3 aromatic rings. The average Bonchev–Trinajstić information content (AvgIpc) is 2.77. The van der Waals surface area contributed by atoms with Gasteiger partial charge in [-0.3, -0.25) is 0 Å². The van der Waals surface area contributed by atoms with Gasteiger partial charge in [0.15, 0.2) is 0 Å². The molecule has 0 unspecified atom stereocenters. The van der Waals surface area contributed by atoms with Crippen LogP contribution in [0.2, 0.25) is 0 Å². The number of para-hydroxylation sites is 1. The lowest BCUT2D eigenvalue weighted by Crippen LogP contribution is -2.03. The Morgan fingerprint density at radius 2 is 1.53 bits per heavy atom. The van der Waals surface area contributed by atoms with E-state index in [-0.39, 0.29) is 0 Å². The molecular weight excluding hydrogens is 366 g/mol. The van der Waals surface area contributed by atoms with Crippen molar-refractivity contribution in [1.29, 1.82) is 0 Å². The highest BCUT2D eigenvalue weighted by Crippen LogP contribution is 2.33. The maximum absolute atomic E-state index is 12.6. The van der Waals surface area contributed by atoms with Crippen molar-refractivity contribution in [2.45, 2.75) is 6.18 Å². The second-order valence-electron chi connectivity index (χ2n) is 3.93. The van der Waals surface area contributed by atoms with Gasteiger partial charge in [0.1, 0.15) is 0 Å². The molecule has 100 valence electrons. The van der Waals surface area contributed by atoms with Crippen LogP contribution in [0.15, 0.2) is 42.5 Å². The number of H-pyrrole nitrogens is 1. The summed E-state index contributed by atoms with van der Waals surface area (Å²) in [4.78, 5) is 4.96. The fraction of sp³-hybridized carbons (Fsp3) is 0.143. The summed E-state index contributed by atoms with van der Waals surface area (Å²) in [7, 11) is 0. The molecule has 1 aromatic heterocycles. The van der Waals surface area contributed by atoms with E-state index in [1.807, 2.05) is 29.2 Å². The lowest BCUT2D eigenvalue weighted by atomic mass is 10.1. The van der Waals surface area contributed by atoms with Gasteiger partial charge in [0.25, 0.3) is 0 Å². The Balaban J connectivity index is 0.000000637. The number of aromatic nitrogens is 1. The fourth-order valence-electron chi connectivity index (χ4n) is 2.03. The van der Waals surface area contributed by atoms with Crippen LogP contribution in [0.4, 0.5) is 13.2 Å². The van der Waals surface area contributed by atoms with Gasteiger partial charge >= 0.3 is 6.18 Å². The second-order valence-corrected chi connectivity index (χ2v) is 3.93. The van der Waals surface area contributed by atoms with E-state index in [1.165, 1.54) is 6.07 Å². The van der Waals surface area contributed by atoms with E-state index in [4.69, 9.17) is 0 Å². The minimum atomic E-state index is -4.30. The first kappa shape index (κ1) is 14.2. The summed E-state index contributed by atoms with van der Waals surface area (Å²) >= 11 is 2.15. The van der Waals surface area contributed by atoms with Crippen molar-refractivity contribution in [3.63, 3.8) is 0 Å². The van der Waals surface area contributed by atoms with Crippen LogP contribution in [-0.2, 0) is 6.18 Å². The van der Waals surface area contributed by atoms with Gasteiger partial charge in [-0.05, 0) is 23.1 Å². The predicted molar refractivity (Wildman–Crippen MR) is 80.8 cm³/mol. The number of hydrogen-bond acceptors (Lipinski definition) is 0. The monoisotopic (exact) mass is 377 g/mol. The molecule has 1 heterocycles. The first-order valence-electron chi connectivity index (χ1n) is 5.51. The van der Waals surface area contributed by atoms with Gasteiger partial charge in [0.05, 0.1) is 5.56 Å². The Bertz CT molecular complexity index is 701. The van der Waals surface area contributed by atoms with Crippen molar-refractivity contribution in [3.05, 3.63) is 48.0 Å². The highest BCUT2D eigenvalue weighted by atomic mass is 127. The SMILES string of the molecule is CI.FC(F)(F)c1ccc2c(c1)[nH]c1ccccc12. The van der Waals surface area contributed by atoms with Crippen LogP contribution in [0.1, 0.15) is 5.56 Å². The molecule has 0 radical (unpaired) electrons. The maximum Gasteiger partial charge on any atom is 0.416 e. The molecule has 0 aliphatic rings. The van der Waals surface area contributed by atoms with Crippen molar-refractivity contribution in [2.75, 3.05) is 4.93 Å². The molecule has 5 heteroatoms. The Morgan fingerprint density at radius 3 is 2.21 bits per heavy atom. The number of fused-ring (bicyclic) bond motifs is 3. The summed E-state index contributed by atoms with van der Waals surface area (Å²) in [5, 5.41) is 1.75. The van der Waals surface area contributed by atoms with Gasteiger partial charge in [-0.1, -0.05) is 46.9 Å². The van der Waals surface area contributed by atoms with Crippen LogP contribution in [0.25, 0.3) is 21.8 Å². The topological polar surface area (TPSA) is 15.8 Å². The zero-order valence-corrected chi connectivity index (χ0v) is 12.2. The van der Waals surface area contributed by atoms with Crippen LogP contribution in [0.5, 0.6) is 0 Å². The smallest absolute Gasteiger partial charge is 0.354 e. The fourth-order valence-corrected chi connectivity index (χ4v) is 2.03. The minimum absolute atomic E-state index is 0.515. The second kappa shape index (κ2) is 5.40. The Hall–Kier alpha value is -1.24. The van der Waals surface area contributed by atoms with E-state index in [1.54, 1.807) is 0 Å². The summed E-state index contributed by atoms with van der Waals surface area (Å²) in [6.07, 6.45) is -4.30. The van der Waals surface area contributed by atoms with Gasteiger partial charge in [-0.25, -0.2) is 0 Å². The molecule has 0 saturated heterocycles. The van der Waals surface area contributed by atoms with E-state index in [0.717, 1.165) is 28.4 Å². The van der Waals surface area contributed by atoms with Crippen molar-refractivity contribution < 1.29 is 13.2 Å². The zero-order valence-electron chi connectivity index (χ0n) is 10.1. The molecule has 0 fully saturated rings. The molecule has 1 N–H and O–H groups in total. The molecule has 19 heavy (non-hydrogen) atoms. The van der Waals surface area contributed by atoms with Crippen LogP contribution >= 0.6 is 22.6 Å². The Kier molecular flexibility index (Phi) is 4.03. The number of benzene rings is 2. The Labute approximate surface area is 121 Å². The lowest BCUT2D eigenvalue weighted by Gasteiger charge is -2.05. The van der Waals surface area contributed by atoms with Gasteiger partial charge in [-0.15, -0.1) is 0 Å². The third kappa shape index (κ3) is 2.70. The van der Waals surface area contributed by atoms with E-state index in [9.17, 15) is 13.2 Å². The number of hydrogen-bond donors (Lipinski definition) is 1. The van der Waals surface area contributed by atoms with E-state index in [0.29, 0.717) is 5.52 Å². The van der Waals surface area contributed by atoms with Gasteiger partial charge in [0, 0.05) is 21.8 Å². The molecule has 0 atom stereocenters. The maximum atomic E-state index is 12.6. The lowest BCUT2D eigenvalue weighted by molar-refractivity contribution is -0.137. The van der Waals surface area contributed by atoms with Gasteiger partial charge in [-0.2, -0.15) is 13.2 Å². The average molecular weight is 377 g/mol. The zero-order chi connectivity index (χ0) is 14.0. The van der Waals surface area contributed by atoms with Crippen LogP contribution < -0.4 is 0 Å². The molecule has 1 nitrogen and oxygen atoms in total. The number of aromatic amines is 1. The summed E-state index contributed by atoms with van der Waals surface area (Å²) < 4.78 is 37.7. The van der Waals surface area contributed by atoms with Crippen LogP contribution in [-0.4, -0.2) is 9.91 Å². The normalized spacial score (nSPS) is 11.4. The van der Waals surface area contributed by atoms with E-state index >= 15 is 0 Å². The van der Waals surface area contributed by atoms with E-state index in [2.05, 4.69) is 27.6 Å². The molecule has 0 saturated carbocycles. The van der Waals surface area contributed by atoms with Crippen molar-refractivity contribution in [2.24, 2.45) is 0 Å². The third-order valence-electron chi connectivity index (χ3n) is 2.83. The van der Waals surface area contributed by atoms with Crippen LogP contribution in [0, 0.1) is 0 Å². The van der Waals surface area contributed by atoms with Crippen molar-refractivity contribution in [1.82, 2.24) is 4.98 Å². The highest BCUT2D eigenvalue weighted by molar-refractivity contribution is 14.1. The number of nitrogens with one attached hydrogen (secondary N) is 1. The third-order valence-corrected chi connectivity index (χ3v) is 2.83. The molecule has 2 aromatic carbocycles. The van der Waals surface area contributed by atoms with Gasteiger partial charge in [0.2, 0.25) is 0 Å². The number of rotatable bonds is 0. The summed E-state index contributed by atoms with van der Waals surface area (Å²) in [6.45, 7) is 0. The molecule has 0 spiro atoms. The molecule has 0 aliphatic heterocycles. The first-order chi connectivity index (χ1) is 9.05. The van der Waals surface area contributed by atoms with Gasteiger partial charge < -0.3 is 4.98 Å². The molecule has 0 amide bonds. The summed E-state index contributed by atoms with van der Waals surface area (Å²) in [5.41, 5.74) is 0.736. The molecule has 3 rings (SSSR count). The number of halogens is 4. The first-order valence-corrected chi connectivity index (χ1v) is 7.67. The quantitative estimate of drug-likeness (QED) is 0.399. The highest BCUT2D eigenvalue weighted by Gasteiger charge is 2.30. The van der Waals surface area contributed by atoms with Crippen LogP contribution in [0.3, 0.4) is 0 Å². The predicted octanol–water partition coefficient (Wildman–Crippen LogP) is 5.39. The van der Waals surface area contributed by atoms with E-state index < -0.39 is 11.7 Å².